The van der Waals surface area contributed by atoms with Gasteiger partial charge in [0.15, 0.2) is 6.10 Å². The first kappa shape index (κ1) is 66.1. The molecule has 0 aromatic heterocycles. The molecule has 0 aliphatic rings. The zero-order valence-corrected chi connectivity index (χ0v) is 45.8. The summed E-state index contributed by atoms with van der Waals surface area (Å²) in [6.07, 6.45) is 72.1. The van der Waals surface area contributed by atoms with Crippen molar-refractivity contribution in [2.24, 2.45) is 0 Å². The Labute approximate surface area is 428 Å². The van der Waals surface area contributed by atoms with Crippen LogP contribution < -0.4 is 0 Å². The average Bonchev–Trinajstić information content (AvgIpc) is 3.35. The molecule has 0 aliphatic heterocycles. The van der Waals surface area contributed by atoms with Crippen molar-refractivity contribution in [3.63, 3.8) is 0 Å². The quantitative estimate of drug-likeness (QED) is 0.0262. The number of carbonyl (C=O) groups excluding carboxylic acids is 3. The number of rotatable bonds is 54. The first-order valence-corrected chi connectivity index (χ1v) is 29.8. The van der Waals surface area contributed by atoms with Crippen molar-refractivity contribution in [2.75, 3.05) is 13.2 Å². The van der Waals surface area contributed by atoms with E-state index in [0.29, 0.717) is 19.3 Å². The van der Waals surface area contributed by atoms with Crippen molar-refractivity contribution in [3.05, 3.63) is 60.8 Å². The maximum Gasteiger partial charge on any atom is 0.306 e. The maximum absolute atomic E-state index is 12.9. The van der Waals surface area contributed by atoms with Gasteiger partial charge in [0.1, 0.15) is 13.2 Å². The number of ether oxygens (including phenoxy) is 3. The summed E-state index contributed by atoms with van der Waals surface area (Å²) in [7, 11) is 0. The van der Waals surface area contributed by atoms with E-state index in [-0.39, 0.29) is 31.1 Å². The molecule has 0 N–H and O–H groups in total. The third-order valence-corrected chi connectivity index (χ3v) is 13.0. The molecule has 0 aliphatic carbocycles. The van der Waals surface area contributed by atoms with Gasteiger partial charge in [0.2, 0.25) is 0 Å². The summed E-state index contributed by atoms with van der Waals surface area (Å²) in [4.78, 5) is 38.2. The summed E-state index contributed by atoms with van der Waals surface area (Å²) < 4.78 is 16.9. The van der Waals surface area contributed by atoms with Gasteiger partial charge in [0, 0.05) is 19.3 Å². The van der Waals surface area contributed by atoms with Crippen molar-refractivity contribution in [1.82, 2.24) is 0 Å². The molecule has 0 rings (SSSR count). The van der Waals surface area contributed by atoms with Gasteiger partial charge in [0.05, 0.1) is 0 Å². The van der Waals surface area contributed by atoms with Crippen LogP contribution >= 0.6 is 0 Å². The molecule has 0 radical (unpaired) electrons. The highest BCUT2D eigenvalue weighted by atomic mass is 16.6. The Kier molecular flexibility index (Phi) is 55.3. The Bertz CT molecular complexity index is 1250. The zero-order chi connectivity index (χ0) is 50.0. The molecule has 0 aromatic rings. The van der Waals surface area contributed by atoms with Crippen molar-refractivity contribution in [1.29, 1.82) is 0 Å². The van der Waals surface area contributed by atoms with Gasteiger partial charge >= 0.3 is 17.9 Å². The van der Waals surface area contributed by atoms with Crippen molar-refractivity contribution in [2.45, 2.75) is 309 Å². The summed E-state index contributed by atoms with van der Waals surface area (Å²) in [6, 6.07) is 0. The fourth-order valence-electron chi connectivity index (χ4n) is 8.51. The van der Waals surface area contributed by atoms with Crippen molar-refractivity contribution >= 4 is 17.9 Å². The lowest BCUT2D eigenvalue weighted by Gasteiger charge is -2.18. The Balaban J connectivity index is 4.34. The molecule has 0 saturated carbocycles. The van der Waals surface area contributed by atoms with Gasteiger partial charge in [-0.05, 0) is 103 Å². The van der Waals surface area contributed by atoms with Crippen LogP contribution in [0.3, 0.4) is 0 Å². The van der Waals surface area contributed by atoms with Crippen LogP contribution in [0.15, 0.2) is 60.8 Å². The molecule has 0 saturated heterocycles. The molecule has 0 fully saturated rings. The van der Waals surface area contributed by atoms with Crippen LogP contribution in [0.5, 0.6) is 0 Å². The number of hydrogen-bond donors (Lipinski definition) is 0. The topological polar surface area (TPSA) is 78.9 Å². The monoisotopic (exact) mass is 965 g/mol. The summed E-state index contributed by atoms with van der Waals surface area (Å²) in [5.41, 5.74) is 0. The standard InChI is InChI=1S/C63H112O6/c1-4-7-10-13-16-19-22-25-28-29-30-31-32-33-36-38-41-44-47-50-53-56-62(65)68-59-60(69-63(66)57-54-51-48-45-42-39-35-27-24-21-18-15-12-9-6-3)58-67-61(64)55-52-49-46-43-40-37-34-26-23-20-17-14-11-8-5-2/h9,12,18,20-21,23,25,27-28,35,60H,4-8,10-11,13-17,19,22,24,26,29-34,36-59H2,1-3H3/b12-9-,21-18-,23-20-,28-25-,35-27-/t60-/m0/s1. The lowest BCUT2D eigenvalue weighted by atomic mass is 10.0. The van der Waals surface area contributed by atoms with Crippen LogP contribution in [-0.4, -0.2) is 37.2 Å². The van der Waals surface area contributed by atoms with Gasteiger partial charge in [-0.2, -0.15) is 0 Å². The molecular weight excluding hydrogens is 853 g/mol. The predicted octanol–water partition coefficient (Wildman–Crippen LogP) is 20.0. The van der Waals surface area contributed by atoms with Gasteiger partial charge in [0.25, 0.3) is 0 Å². The van der Waals surface area contributed by atoms with E-state index in [4.69, 9.17) is 14.2 Å². The molecule has 69 heavy (non-hydrogen) atoms. The molecule has 400 valence electrons. The van der Waals surface area contributed by atoms with E-state index in [9.17, 15) is 14.4 Å². The van der Waals surface area contributed by atoms with Crippen LogP contribution in [0.2, 0.25) is 0 Å². The van der Waals surface area contributed by atoms with Gasteiger partial charge in [-0.25, -0.2) is 0 Å². The smallest absolute Gasteiger partial charge is 0.306 e. The Morgan fingerprint density at radius 2 is 0.565 bits per heavy atom. The third kappa shape index (κ3) is 55.9. The summed E-state index contributed by atoms with van der Waals surface area (Å²) in [5, 5.41) is 0. The maximum atomic E-state index is 12.9. The van der Waals surface area contributed by atoms with E-state index < -0.39 is 6.10 Å². The van der Waals surface area contributed by atoms with Crippen molar-refractivity contribution in [3.8, 4) is 0 Å². The largest absolute Gasteiger partial charge is 0.462 e. The molecular formula is C63H112O6. The number of carbonyl (C=O) groups is 3. The van der Waals surface area contributed by atoms with Gasteiger partial charge in [-0.1, -0.05) is 242 Å². The zero-order valence-electron chi connectivity index (χ0n) is 45.8. The minimum atomic E-state index is -0.785. The highest BCUT2D eigenvalue weighted by Gasteiger charge is 2.19. The second-order valence-electron chi connectivity index (χ2n) is 19.9. The number of hydrogen-bond acceptors (Lipinski definition) is 6. The Morgan fingerprint density at radius 1 is 0.304 bits per heavy atom. The highest BCUT2D eigenvalue weighted by Crippen LogP contribution is 2.16. The molecule has 0 heterocycles. The normalized spacial score (nSPS) is 12.4. The number of esters is 3. The molecule has 0 bridgehead atoms. The number of allylic oxidation sites excluding steroid dienone is 10. The van der Waals surface area contributed by atoms with Gasteiger partial charge < -0.3 is 14.2 Å². The third-order valence-electron chi connectivity index (χ3n) is 13.0. The summed E-state index contributed by atoms with van der Waals surface area (Å²) in [6.45, 7) is 6.52. The second-order valence-corrected chi connectivity index (χ2v) is 19.9. The molecule has 6 heteroatoms. The average molecular weight is 966 g/mol. The molecule has 0 spiro atoms. The Morgan fingerprint density at radius 3 is 0.913 bits per heavy atom. The van der Waals surface area contributed by atoms with Crippen LogP contribution in [0, 0.1) is 0 Å². The minimum absolute atomic E-state index is 0.0816. The predicted molar refractivity (Wildman–Crippen MR) is 298 cm³/mol. The van der Waals surface area contributed by atoms with E-state index in [0.717, 1.165) is 96.3 Å². The molecule has 0 aromatic carbocycles. The van der Waals surface area contributed by atoms with E-state index in [1.54, 1.807) is 0 Å². The van der Waals surface area contributed by atoms with E-state index in [2.05, 4.69) is 81.5 Å². The van der Waals surface area contributed by atoms with Crippen molar-refractivity contribution < 1.29 is 28.6 Å². The number of unbranched alkanes of at least 4 members (excludes halogenated alkanes) is 33. The van der Waals surface area contributed by atoms with Crippen LogP contribution in [0.4, 0.5) is 0 Å². The van der Waals surface area contributed by atoms with Crippen LogP contribution in [-0.2, 0) is 28.6 Å². The second kappa shape index (κ2) is 57.7. The van der Waals surface area contributed by atoms with Gasteiger partial charge in [-0.15, -0.1) is 0 Å². The fourth-order valence-corrected chi connectivity index (χ4v) is 8.51. The van der Waals surface area contributed by atoms with E-state index in [1.165, 1.54) is 167 Å². The lowest BCUT2D eigenvalue weighted by Crippen LogP contribution is -2.30. The van der Waals surface area contributed by atoms with Gasteiger partial charge in [-0.3, -0.25) is 14.4 Å². The Hall–Kier alpha value is -2.89. The molecule has 0 amide bonds. The highest BCUT2D eigenvalue weighted by molar-refractivity contribution is 5.71. The van der Waals surface area contributed by atoms with E-state index >= 15 is 0 Å². The first-order valence-electron chi connectivity index (χ1n) is 29.8. The minimum Gasteiger partial charge on any atom is -0.462 e. The fraction of sp³-hybridized carbons (Fsp3) is 0.794. The molecule has 1 atom stereocenters. The van der Waals surface area contributed by atoms with E-state index in [1.807, 2.05) is 0 Å². The summed E-state index contributed by atoms with van der Waals surface area (Å²) >= 11 is 0. The molecule has 6 nitrogen and oxygen atoms in total. The van der Waals surface area contributed by atoms with Crippen LogP contribution in [0.1, 0.15) is 303 Å². The van der Waals surface area contributed by atoms with Crippen LogP contribution in [0.25, 0.3) is 0 Å². The SMILES string of the molecule is CC/C=C\C/C=C\C/C=C\CCCCCCCC(=O)O[C@@H](COC(=O)CCCCCCCCC/C=C\CCCCCC)COC(=O)CCCCCCCCCCCCC/C=C\CCCCCCCC. The first-order chi connectivity index (χ1) is 34.0. The summed E-state index contributed by atoms with van der Waals surface area (Å²) in [5.74, 6) is -0.892. The lowest BCUT2D eigenvalue weighted by molar-refractivity contribution is -0.167. The molecule has 0 unspecified atom stereocenters.